The molecule has 0 radical (unpaired) electrons. The van der Waals surface area contributed by atoms with E-state index >= 15 is 0 Å². The second-order valence-corrected chi connectivity index (χ2v) is 5.63. The van der Waals surface area contributed by atoms with Crippen LogP contribution >= 0.6 is 12.2 Å². The number of hydrazone groups is 1. The summed E-state index contributed by atoms with van der Waals surface area (Å²) < 4.78 is 0.140. The van der Waals surface area contributed by atoms with Crippen LogP contribution in [0.3, 0.4) is 0 Å². The summed E-state index contributed by atoms with van der Waals surface area (Å²) in [4.78, 5) is 42.9. The normalized spacial score (nSPS) is 11.0. The number of carbonyl (C=O) groups is 1. The van der Waals surface area contributed by atoms with Gasteiger partial charge < -0.3 is 9.97 Å². The maximum absolute atomic E-state index is 12.0. The van der Waals surface area contributed by atoms with Gasteiger partial charge in [-0.3, -0.25) is 19.4 Å². The van der Waals surface area contributed by atoms with E-state index in [2.05, 4.69) is 25.5 Å². The number of carbonyl (C=O) groups excluding carboxylic acids is 1. The SMILES string of the molecule is O=C(Cc1cc(=O)[nH]c(=S)[nH]1)N/N=C/c1cc2ccccc2[nH]c1=O. The number of hydrogen-bond donors (Lipinski definition) is 4. The van der Waals surface area contributed by atoms with Crippen molar-refractivity contribution in [2.75, 3.05) is 0 Å². The summed E-state index contributed by atoms with van der Waals surface area (Å²) in [5, 5.41) is 4.63. The average molecular weight is 355 g/mol. The van der Waals surface area contributed by atoms with E-state index < -0.39 is 11.5 Å². The molecule has 0 fully saturated rings. The van der Waals surface area contributed by atoms with Crippen LogP contribution in [0.1, 0.15) is 11.3 Å². The Morgan fingerprint density at radius 2 is 1.96 bits per heavy atom. The predicted molar refractivity (Wildman–Crippen MR) is 96.3 cm³/mol. The Balaban J connectivity index is 1.71. The summed E-state index contributed by atoms with van der Waals surface area (Å²) in [7, 11) is 0. The number of amides is 1. The fraction of sp³-hybridized carbons (Fsp3) is 0.0625. The lowest BCUT2D eigenvalue weighted by Gasteiger charge is -2.01. The van der Waals surface area contributed by atoms with Gasteiger partial charge in [0.05, 0.1) is 18.2 Å². The number of hydrogen-bond acceptors (Lipinski definition) is 5. The number of para-hydroxylation sites is 1. The highest BCUT2D eigenvalue weighted by Crippen LogP contribution is 2.08. The van der Waals surface area contributed by atoms with Gasteiger partial charge in [0.2, 0.25) is 5.91 Å². The molecule has 3 aromatic rings. The zero-order valence-electron chi connectivity index (χ0n) is 12.8. The summed E-state index contributed by atoms with van der Waals surface area (Å²) in [6, 6.07) is 10.3. The first-order valence-electron chi connectivity index (χ1n) is 7.28. The minimum atomic E-state index is -0.454. The maximum atomic E-state index is 12.0. The zero-order chi connectivity index (χ0) is 17.8. The molecule has 0 bridgehead atoms. The van der Waals surface area contributed by atoms with Crippen LogP contribution in [0.2, 0.25) is 0 Å². The van der Waals surface area contributed by atoms with Gasteiger partial charge in [-0.1, -0.05) is 18.2 Å². The number of nitrogens with one attached hydrogen (secondary N) is 4. The fourth-order valence-corrected chi connectivity index (χ4v) is 2.49. The highest BCUT2D eigenvalue weighted by molar-refractivity contribution is 7.71. The van der Waals surface area contributed by atoms with E-state index in [0.717, 1.165) is 10.9 Å². The molecule has 3 rings (SSSR count). The van der Waals surface area contributed by atoms with Crippen LogP contribution in [0.15, 0.2) is 51.1 Å². The van der Waals surface area contributed by atoms with Crippen LogP contribution in [-0.2, 0) is 11.2 Å². The number of pyridine rings is 1. The van der Waals surface area contributed by atoms with Crippen molar-refractivity contribution in [1.82, 2.24) is 20.4 Å². The van der Waals surface area contributed by atoms with Gasteiger partial charge in [-0.2, -0.15) is 5.10 Å². The largest absolute Gasteiger partial charge is 0.335 e. The fourth-order valence-electron chi connectivity index (χ4n) is 2.26. The Kier molecular flexibility index (Phi) is 4.66. The van der Waals surface area contributed by atoms with E-state index in [9.17, 15) is 14.4 Å². The molecule has 9 heteroatoms. The lowest BCUT2D eigenvalue weighted by Crippen LogP contribution is -2.22. The standard InChI is InChI=1S/C16H13N5O3S/c22-13-6-11(18-16(25)20-13)7-14(23)21-17-8-10-5-9-3-1-2-4-12(9)19-15(10)24/h1-6,8H,7H2,(H,19,24)(H,21,23)(H2,18,20,22,25)/b17-8+. The molecule has 126 valence electrons. The van der Waals surface area contributed by atoms with Crippen molar-refractivity contribution in [2.45, 2.75) is 6.42 Å². The molecule has 1 amide bonds. The molecule has 1 aromatic carbocycles. The summed E-state index contributed by atoms with van der Waals surface area (Å²) in [5.41, 5.74) is 3.01. The molecule has 0 saturated heterocycles. The summed E-state index contributed by atoms with van der Waals surface area (Å²) in [6.45, 7) is 0. The van der Waals surface area contributed by atoms with Crippen molar-refractivity contribution in [3.63, 3.8) is 0 Å². The van der Waals surface area contributed by atoms with Gasteiger partial charge in [0, 0.05) is 17.3 Å². The van der Waals surface area contributed by atoms with Crippen LogP contribution < -0.4 is 16.5 Å². The van der Waals surface area contributed by atoms with E-state index in [4.69, 9.17) is 12.2 Å². The van der Waals surface area contributed by atoms with Gasteiger partial charge in [0.15, 0.2) is 4.77 Å². The Morgan fingerprint density at radius 1 is 1.16 bits per heavy atom. The van der Waals surface area contributed by atoms with E-state index in [1.54, 1.807) is 12.1 Å². The summed E-state index contributed by atoms with van der Waals surface area (Å²) >= 11 is 4.83. The number of benzene rings is 1. The quantitative estimate of drug-likeness (QED) is 0.316. The second-order valence-electron chi connectivity index (χ2n) is 5.22. The minimum Gasteiger partial charge on any atom is -0.335 e. The van der Waals surface area contributed by atoms with E-state index in [1.807, 2.05) is 18.2 Å². The third-order valence-corrected chi connectivity index (χ3v) is 3.55. The van der Waals surface area contributed by atoms with Gasteiger partial charge in [0.1, 0.15) is 0 Å². The first-order chi connectivity index (χ1) is 12.0. The molecule has 2 aromatic heterocycles. The number of fused-ring (bicyclic) bond motifs is 1. The lowest BCUT2D eigenvalue weighted by atomic mass is 10.2. The molecule has 0 aliphatic rings. The van der Waals surface area contributed by atoms with Crippen molar-refractivity contribution in [2.24, 2.45) is 5.10 Å². The highest BCUT2D eigenvalue weighted by Gasteiger charge is 2.04. The van der Waals surface area contributed by atoms with Gasteiger partial charge >= 0.3 is 0 Å². The number of aromatic amines is 3. The number of rotatable bonds is 4. The predicted octanol–water partition coefficient (Wildman–Crippen LogP) is 0.967. The molecule has 0 aliphatic carbocycles. The molecule has 0 spiro atoms. The smallest absolute Gasteiger partial charge is 0.257 e. The number of nitrogens with zero attached hydrogens (tertiary/aromatic N) is 1. The van der Waals surface area contributed by atoms with E-state index in [-0.39, 0.29) is 16.8 Å². The number of H-pyrrole nitrogens is 3. The minimum absolute atomic E-state index is 0.0982. The molecular weight excluding hydrogens is 342 g/mol. The van der Waals surface area contributed by atoms with Crippen LogP contribution in [0.4, 0.5) is 0 Å². The molecule has 8 nitrogen and oxygen atoms in total. The topological polar surface area (TPSA) is 123 Å². The van der Waals surface area contributed by atoms with Crippen LogP contribution in [0.5, 0.6) is 0 Å². The van der Waals surface area contributed by atoms with Crippen molar-refractivity contribution < 1.29 is 4.79 Å². The molecule has 25 heavy (non-hydrogen) atoms. The van der Waals surface area contributed by atoms with Crippen LogP contribution in [0, 0.1) is 4.77 Å². The van der Waals surface area contributed by atoms with Gasteiger partial charge in [-0.05, 0) is 29.7 Å². The highest BCUT2D eigenvalue weighted by atomic mass is 32.1. The Morgan fingerprint density at radius 3 is 2.76 bits per heavy atom. The van der Waals surface area contributed by atoms with Crippen LogP contribution in [0.25, 0.3) is 10.9 Å². The zero-order valence-corrected chi connectivity index (χ0v) is 13.6. The van der Waals surface area contributed by atoms with E-state index in [0.29, 0.717) is 11.3 Å². The van der Waals surface area contributed by atoms with Crippen molar-refractivity contribution >= 4 is 35.2 Å². The van der Waals surface area contributed by atoms with Gasteiger partial charge in [-0.25, -0.2) is 5.43 Å². The Bertz CT molecular complexity index is 1110. The third kappa shape index (κ3) is 4.15. The summed E-state index contributed by atoms with van der Waals surface area (Å²) in [6.07, 6.45) is 1.17. The molecular formula is C16H13N5O3S. The molecule has 0 unspecified atom stereocenters. The third-order valence-electron chi connectivity index (χ3n) is 3.34. The monoisotopic (exact) mass is 355 g/mol. The molecule has 2 heterocycles. The second kappa shape index (κ2) is 7.05. The van der Waals surface area contributed by atoms with E-state index in [1.165, 1.54) is 12.3 Å². The molecule has 0 atom stereocenters. The first-order valence-corrected chi connectivity index (χ1v) is 7.68. The maximum Gasteiger partial charge on any atom is 0.257 e. The van der Waals surface area contributed by atoms with Crippen molar-refractivity contribution in [1.29, 1.82) is 0 Å². The van der Waals surface area contributed by atoms with Crippen molar-refractivity contribution in [3.8, 4) is 0 Å². The Hall–Kier alpha value is -3.33. The summed E-state index contributed by atoms with van der Waals surface area (Å²) in [5.74, 6) is -0.454. The van der Waals surface area contributed by atoms with Gasteiger partial charge in [-0.15, -0.1) is 0 Å². The average Bonchev–Trinajstić information content (AvgIpc) is 2.54. The Labute approximate surface area is 145 Å². The van der Waals surface area contributed by atoms with Gasteiger partial charge in [0.25, 0.3) is 11.1 Å². The first kappa shape index (κ1) is 16.5. The lowest BCUT2D eigenvalue weighted by molar-refractivity contribution is -0.120. The number of aromatic nitrogens is 3. The molecule has 0 saturated carbocycles. The molecule has 0 aliphatic heterocycles. The van der Waals surface area contributed by atoms with Crippen molar-refractivity contribution in [3.05, 3.63) is 73.1 Å². The molecule has 4 N–H and O–H groups in total. The van der Waals surface area contributed by atoms with Crippen LogP contribution in [-0.4, -0.2) is 27.1 Å².